The molecule has 0 bridgehead atoms. The van der Waals surface area contributed by atoms with E-state index in [0.717, 1.165) is 30.0 Å². The number of fused-ring (bicyclic) bond motifs is 1. The van der Waals surface area contributed by atoms with Gasteiger partial charge in [-0.1, -0.05) is 45.8 Å². The molecule has 186 valence electrons. The van der Waals surface area contributed by atoms with E-state index in [-0.39, 0.29) is 18.0 Å². The number of anilines is 1. The van der Waals surface area contributed by atoms with E-state index in [4.69, 9.17) is 4.74 Å². The minimum Gasteiger partial charge on any atom is -0.465 e. The number of esters is 1. The molecule has 7 nitrogen and oxygen atoms in total. The Morgan fingerprint density at radius 1 is 1.00 bits per heavy atom. The Balaban J connectivity index is 1.57. The molecule has 0 unspecified atom stereocenters. The number of methoxy groups -OCH3 is 1. The predicted octanol–water partition coefficient (Wildman–Crippen LogP) is 5.59. The van der Waals surface area contributed by atoms with Crippen molar-refractivity contribution in [3.8, 4) is 0 Å². The lowest BCUT2D eigenvalue weighted by Crippen LogP contribution is -2.37. The zero-order chi connectivity index (χ0) is 25.9. The summed E-state index contributed by atoms with van der Waals surface area (Å²) in [5, 5.41) is 3.56. The van der Waals surface area contributed by atoms with Gasteiger partial charge in [-0.25, -0.2) is 13.2 Å². The second-order valence-corrected chi connectivity index (χ2v) is 12.1. The Labute approximate surface area is 221 Å². The van der Waals surface area contributed by atoms with Gasteiger partial charge >= 0.3 is 5.97 Å². The third-order valence-corrected chi connectivity index (χ3v) is 8.87. The lowest BCUT2D eigenvalue weighted by atomic mass is 10.1. The van der Waals surface area contributed by atoms with Gasteiger partial charge in [0, 0.05) is 21.4 Å². The smallest absolute Gasteiger partial charge is 0.348 e. The zero-order valence-electron chi connectivity index (χ0n) is 19.5. The summed E-state index contributed by atoms with van der Waals surface area (Å²) < 4.78 is 34.5. The second-order valence-electron chi connectivity index (χ2n) is 8.12. The summed E-state index contributed by atoms with van der Waals surface area (Å²) in [7, 11) is -2.63. The fraction of sp³-hybridized carbons (Fsp3) is 0.154. The molecule has 36 heavy (non-hydrogen) atoms. The van der Waals surface area contributed by atoms with Crippen LogP contribution in [0.5, 0.6) is 0 Å². The van der Waals surface area contributed by atoms with Crippen LogP contribution in [0.4, 0.5) is 5.69 Å². The molecule has 0 fully saturated rings. The first-order chi connectivity index (χ1) is 17.2. The third-order valence-electron chi connectivity index (χ3n) is 5.44. The summed E-state index contributed by atoms with van der Waals surface area (Å²) in [6, 6.07) is 20.7. The highest BCUT2D eigenvalue weighted by atomic mass is 79.9. The van der Waals surface area contributed by atoms with Crippen LogP contribution in [0.2, 0.25) is 0 Å². The van der Waals surface area contributed by atoms with Crippen LogP contribution in [0, 0.1) is 6.92 Å². The topological polar surface area (TPSA) is 92.8 Å². The first kappa shape index (κ1) is 26.0. The number of rotatable bonds is 8. The Hall–Kier alpha value is -3.05. The van der Waals surface area contributed by atoms with Crippen LogP contribution in [-0.4, -0.2) is 38.3 Å². The molecule has 1 heterocycles. The van der Waals surface area contributed by atoms with E-state index in [1.165, 1.54) is 30.6 Å². The summed E-state index contributed by atoms with van der Waals surface area (Å²) in [5.74, 6) is -0.905. The number of thiophene rings is 1. The molecular formula is C26H23BrN2O5S2. The number of nitrogens with zero attached hydrogens (tertiary/aromatic N) is 1. The maximum Gasteiger partial charge on any atom is 0.348 e. The van der Waals surface area contributed by atoms with Crippen molar-refractivity contribution in [1.29, 1.82) is 0 Å². The maximum absolute atomic E-state index is 13.5. The maximum atomic E-state index is 13.5. The van der Waals surface area contributed by atoms with Crippen LogP contribution in [0.3, 0.4) is 0 Å². The largest absolute Gasteiger partial charge is 0.465 e. The molecule has 0 aliphatic carbocycles. The molecule has 4 aromatic rings. The van der Waals surface area contributed by atoms with Gasteiger partial charge in [0.05, 0.1) is 18.6 Å². The molecule has 0 saturated heterocycles. The SMILES string of the molecule is COC(=O)c1cc2cc(NC(=O)CN(Cc3ccc(C)cc3)S(=O)(=O)c3ccc(Br)cc3)ccc2s1. The van der Waals surface area contributed by atoms with Crippen molar-refractivity contribution in [2.75, 3.05) is 19.0 Å². The highest BCUT2D eigenvalue weighted by molar-refractivity contribution is 9.10. The third kappa shape index (κ3) is 6.01. The normalized spacial score (nSPS) is 11.6. The fourth-order valence-corrected chi connectivity index (χ4v) is 6.17. The number of benzene rings is 3. The summed E-state index contributed by atoms with van der Waals surface area (Å²) >= 11 is 4.61. The van der Waals surface area contributed by atoms with Crippen LogP contribution < -0.4 is 5.32 Å². The molecule has 3 aromatic carbocycles. The number of halogens is 1. The molecule has 1 N–H and O–H groups in total. The molecule has 1 amide bonds. The zero-order valence-corrected chi connectivity index (χ0v) is 22.7. The van der Waals surface area contributed by atoms with Crippen molar-refractivity contribution >= 4 is 64.9 Å². The number of hydrogen-bond donors (Lipinski definition) is 1. The molecule has 0 saturated carbocycles. The van der Waals surface area contributed by atoms with E-state index >= 15 is 0 Å². The minimum absolute atomic E-state index is 0.0398. The van der Waals surface area contributed by atoms with Gasteiger partial charge in [-0.15, -0.1) is 11.3 Å². The van der Waals surface area contributed by atoms with Gasteiger partial charge in [-0.3, -0.25) is 4.79 Å². The molecule has 0 aliphatic heterocycles. The first-order valence-electron chi connectivity index (χ1n) is 10.9. The van der Waals surface area contributed by atoms with Gasteiger partial charge in [-0.2, -0.15) is 4.31 Å². The van der Waals surface area contributed by atoms with E-state index in [2.05, 4.69) is 21.2 Å². The van der Waals surface area contributed by atoms with Gasteiger partial charge < -0.3 is 10.1 Å². The lowest BCUT2D eigenvalue weighted by molar-refractivity contribution is -0.116. The van der Waals surface area contributed by atoms with E-state index < -0.39 is 21.9 Å². The van der Waals surface area contributed by atoms with Gasteiger partial charge in [0.1, 0.15) is 4.88 Å². The lowest BCUT2D eigenvalue weighted by Gasteiger charge is -2.22. The monoisotopic (exact) mass is 586 g/mol. The van der Waals surface area contributed by atoms with Gasteiger partial charge in [0.25, 0.3) is 0 Å². The number of aryl methyl sites for hydroxylation is 1. The number of carbonyl (C=O) groups is 2. The van der Waals surface area contributed by atoms with Gasteiger partial charge in [0.15, 0.2) is 0 Å². The molecule has 0 aliphatic rings. The van der Waals surface area contributed by atoms with Crippen LogP contribution >= 0.6 is 27.3 Å². The standard InChI is InChI=1S/C26H23BrN2O5S2/c1-17-3-5-18(6-4-17)15-29(36(32,33)22-10-7-20(27)8-11-22)16-25(30)28-21-9-12-23-19(13-21)14-24(35-23)26(31)34-2/h3-14H,15-16H2,1-2H3,(H,28,30). The molecule has 4 rings (SSSR count). The average Bonchev–Trinajstić information content (AvgIpc) is 3.28. The molecule has 0 atom stereocenters. The van der Waals surface area contributed by atoms with Gasteiger partial charge in [-0.05, 0) is 66.4 Å². The number of amides is 1. The van der Waals surface area contributed by atoms with E-state index in [9.17, 15) is 18.0 Å². The van der Waals surface area contributed by atoms with Crippen LogP contribution in [0.1, 0.15) is 20.8 Å². The van der Waals surface area contributed by atoms with Crippen molar-refractivity contribution < 1.29 is 22.7 Å². The summed E-state index contributed by atoms with van der Waals surface area (Å²) in [6.07, 6.45) is 0. The van der Waals surface area contributed by atoms with Crippen molar-refractivity contribution in [3.05, 3.63) is 93.3 Å². The Morgan fingerprint density at radius 2 is 1.69 bits per heavy atom. The van der Waals surface area contributed by atoms with Crippen molar-refractivity contribution in [2.24, 2.45) is 0 Å². The first-order valence-corrected chi connectivity index (χ1v) is 13.9. The minimum atomic E-state index is -3.96. The summed E-state index contributed by atoms with van der Waals surface area (Å²) in [5.41, 5.74) is 2.32. The Kier molecular flexibility index (Phi) is 7.89. The van der Waals surface area contributed by atoms with Gasteiger partial charge in [0.2, 0.25) is 15.9 Å². The van der Waals surface area contributed by atoms with Crippen molar-refractivity contribution in [2.45, 2.75) is 18.4 Å². The van der Waals surface area contributed by atoms with E-state index in [0.29, 0.717) is 10.6 Å². The van der Waals surface area contributed by atoms with Crippen LogP contribution in [-0.2, 0) is 26.1 Å². The number of carbonyl (C=O) groups excluding carboxylic acids is 2. The van der Waals surface area contributed by atoms with Crippen molar-refractivity contribution in [1.82, 2.24) is 4.31 Å². The summed E-state index contributed by atoms with van der Waals surface area (Å²) in [4.78, 5) is 25.4. The number of nitrogens with one attached hydrogen (secondary N) is 1. The van der Waals surface area contributed by atoms with E-state index in [1.807, 2.05) is 31.2 Å². The quantitative estimate of drug-likeness (QED) is 0.272. The summed E-state index contributed by atoms with van der Waals surface area (Å²) in [6.45, 7) is 1.62. The van der Waals surface area contributed by atoms with E-state index in [1.54, 1.807) is 36.4 Å². The molecule has 1 aromatic heterocycles. The molecule has 10 heteroatoms. The molecule has 0 radical (unpaired) electrons. The molecular weight excluding hydrogens is 564 g/mol. The number of sulfonamides is 1. The fourth-order valence-electron chi connectivity index (χ4n) is 3.56. The highest BCUT2D eigenvalue weighted by Crippen LogP contribution is 2.29. The molecule has 0 spiro atoms. The van der Waals surface area contributed by atoms with Crippen LogP contribution in [0.25, 0.3) is 10.1 Å². The number of ether oxygens (including phenoxy) is 1. The van der Waals surface area contributed by atoms with Crippen LogP contribution in [0.15, 0.2) is 82.2 Å². The highest BCUT2D eigenvalue weighted by Gasteiger charge is 2.27. The predicted molar refractivity (Wildman–Crippen MR) is 145 cm³/mol. The number of hydrogen-bond acceptors (Lipinski definition) is 6. The Morgan fingerprint density at radius 3 is 2.36 bits per heavy atom. The Bertz CT molecular complexity index is 1510. The van der Waals surface area contributed by atoms with Crippen molar-refractivity contribution in [3.63, 3.8) is 0 Å². The average molecular weight is 588 g/mol. The second kappa shape index (κ2) is 10.9.